The maximum atomic E-state index is 5.36. The molecule has 0 unspecified atom stereocenters. The number of furan rings is 1. The van der Waals surface area contributed by atoms with Crippen LogP contribution in [0, 0.1) is 0 Å². The van der Waals surface area contributed by atoms with Crippen LogP contribution in [0.1, 0.15) is 6.42 Å². The first-order valence-electron chi connectivity index (χ1n) is 6.80. The molecule has 0 atom stereocenters. The predicted molar refractivity (Wildman–Crippen MR) is 74.4 cm³/mol. The monoisotopic (exact) mass is 261 g/mol. The Morgan fingerprint density at radius 1 is 1.26 bits per heavy atom. The summed E-state index contributed by atoms with van der Waals surface area (Å²) in [4.78, 5) is 6.80. The Morgan fingerprint density at radius 2 is 2.16 bits per heavy atom. The third kappa shape index (κ3) is 3.05. The molecule has 19 heavy (non-hydrogen) atoms. The molecule has 1 saturated heterocycles. The second-order valence-electron chi connectivity index (χ2n) is 4.73. The Kier molecular flexibility index (Phi) is 3.95. The topological polar surface area (TPSA) is 50.5 Å². The summed E-state index contributed by atoms with van der Waals surface area (Å²) in [5, 5.41) is 4.43. The molecule has 0 radical (unpaired) electrons. The molecule has 0 bridgehead atoms. The van der Waals surface area contributed by atoms with Crippen molar-refractivity contribution >= 4 is 16.8 Å². The molecular weight excluding hydrogens is 242 g/mol. The van der Waals surface area contributed by atoms with E-state index in [1.807, 2.05) is 12.1 Å². The van der Waals surface area contributed by atoms with Crippen LogP contribution in [0.2, 0.25) is 0 Å². The van der Waals surface area contributed by atoms with E-state index in [1.54, 1.807) is 12.5 Å². The van der Waals surface area contributed by atoms with Gasteiger partial charge in [-0.3, -0.25) is 4.90 Å². The van der Waals surface area contributed by atoms with E-state index in [9.17, 15) is 0 Å². The van der Waals surface area contributed by atoms with Crippen LogP contribution in [0.3, 0.4) is 0 Å². The quantitative estimate of drug-likeness (QED) is 0.834. The van der Waals surface area contributed by atoms with Crippen molar-refractivity contribution in [2.24, 2.45) is 0 Å². The fraction of sp³-hybridized carbons (Fsp3) is 0.500. The number of fused-ring (bicyclic) bond motifs is 1. The molecule has 0 aromatic carbocycles. The van der Waals surface area contributed by atoms with Gasteiger partial charge in [-0.25, -0.2) is 4.98 Å². The van der Waals surface area contributed by atoms with Gasteiger partial charge in [0.25, 0.3) is 0 Å². The minimum absolute atomic E-state index is 0.864. The van der Waals surface area contributed by atoms with Gasteiger partial charge in [-0.15, -0.1) is 0 Å². The molecule has 1 aliphatic rings. The molecule has 3 rings (SSSR count). The van der Waals surface area contributed by atoms with Crippen molar-refractivity contribution in [3.8, 4) is 0 Å². The molecule has 0 saturated carbocycles. The van der Waals surface area contributed by atoms with E-state index >= 15 is 0 Å². The molecular formula is C14H19N3O2. The van der Waals surface area contributed by atoms with Gasteiger partial charge in [0, 0.05) is 25.8 Å². The van der Waals surface area contributed by atoms with Gasteiger partial charge in [-0.1, -0.05) is 0 Å². The summed E-state index contributed by atoms with van der Waals surface area (Å²) >= 11 is 0. The largest absolute Gasteiger partial charge is 0.464 e. The van der Waals surface area contributed by atoms with E-state index in [-0.39, 0.29) is 0 Å². The Balaban J connectivity index is 1.48. The Hall–Kier alpha value is -1.59. The van der Waals surface area contributed by atoms with Crippen LogP contribution in [0.25, 0.3) is 11.0 Å². The number of aromatic nitrogens is 1. The Morgan fingerprint density at radius 3 is 3.05 bits per heavy atom. The van der Waals surface area contributed by atoms with Crippen LogP contribution >= 0.6 is 0 Å². The normalized spacial score (nSPS) is 16.8. The summed E-state index contributed by atoms with van der Waals surface area (Å²) < 4.78 is 10.7. The summed E-state index contributed by atoms with van der Waals surface area (Å²) in [6.45, 7) is 5.87. The maximum absolute atomic E-state index is 5.36. The number of rotatable bonds is 5. The fourth-order valence-corrected chi connectivity index (χ4v) is 2.37. The SMILES string of the molecule is c1cc2occc2c(NCCCN2CCOCC2)n1. The first-order chi connectivity index (χ1) is 9.43. The number of nitrogens with zero attached hydrogens (tertiary/aromatic N) is 2. The number of anilines is 1. The van der Waals surface area contributed by atoms with E-state index in [0.717, 1.165) is 62.6 Å². The van der Waals surface area contributed by atoms with Crippen molar-refractivity contribution in [1.29, 1.82) is 0 Å². The van der Waals surface area contributed by atoms with Gasteiger partial charge < -0.3 is 14.5 Å². The average Bonchev–Trinajstić information content (AvgIpc) is 2.94. The van der Waals surface area contributed by atoms with Gasteiger partial charge >= 0.3 is 0 Å². The van der Waals surface area contributed by atoms with Crippen molar-refractivity contribution in [1.82, 2.24) is 9.88 Å². The van der Waals surface area contributed by atoms with Crippen molar-refractivity contribution in [3.63, 3.8) is 0 Å². The molecule has 2 aromatic heterocycles. The second-order valence-corrected chi connectivity index (χ2v) is 4.73. The van der Waals surface area contributed by atoms with Crippen LogP contribution in [-0.2, 0) is 4.74 Å². The Bertz CT molecular complexity index is 520. The van der Waals surface area contributed by atoms with Gasteiger partial charge in [0.05, 0.1) is 24.9 Å². The highest BCUT2D eigenvalue weighted by atomic mass is 16.5. The average molecular weight is 261 g/mol. The predicted octanol–water partition coefficient (Wildman–Crippen LogP) is 1.96. The number of morpholine rings is 1. The molecule has 1 aliphatic heterocycles. The molecule has 3 heterocycles. The minimum Gasteiger partial charge on any atom is -0.464 e. The highest BCUT2D eigenvalue weighted by Gasteiger charge is 2.09. The molecule has 102 valence electrons. The van der Waals surface area contributed by atoms with Gasteiger partial charge in [-0.05, 0) is 25.1 Å². The lowest BCUT2D eigenvalue weighted by Gasteiger charge is -2.26. The van der Waals surface area contributed by atoms with Crippen LogP contribution in [-0.4, -0.2) is 49.3 Å². The third-order valence-electron chi connectivity index (χ3n) is 3.43. The van der Waals surface area contributed by atoms with E-state index in [4.69, 9.17) is 9.15 Å². The first-order valence-corrected chi connectivity index (χ1v) is 6.80. The van der Waals surface area contributed by atoms with Gasteiger partial charge in [0.2, 0.25) is 0 Å². The smallest absolute Gasteiger partial charge is 0.139 e. The molecule has 0 spiro atoms. The zero-order valence-electron chi connectivity index (χ0n) is 11.0. The lowest BCUT2D eigenvalue weighted by atomic mass is 10.3. The standard InChI is InChI=1S/C14H19N3O2/c1(6-17-7-10-18-11-8-17)4-15-14-12-3-9-19-13(12)2-5-16-14/h2-3,5,9H,1,4,6-8,10-11H2,(H,15,16). The molecule has 5 nitrogen and oxygen atoms in total. The number of hydrogen-bond donors (Lipinski definition) is 1. The lowest BCUT2D eigenvalue weighted by molar-refractivity contribution is 0.0378. The molecule has 1 N–H and O–H groups in total. The van der Waals surface area contributed by atoms with E-state index in [2.05, 4.69) is 15.2 Å². The van der Waals surface area contributed by atoms with Gasteiger partial charge in [0.15, 0.2) is 0 Å². The van der Waals surface area contributed by atoms with Crippen molar-refractivity contribution < 1.29 is 9.15 Å². The van der Waals surface area contributed by atoms with Crippen LogP contribution in [0.4, 0.5) is 5.82 Å². The van der Waals surface area contributed by atoms with Crippen molar-refractivity contribution in [2.45, 2.75) is 6.42 Å². The molecule has 2 aromatic rings. The molecule has 0 aliphatic carbocycles. The second kappa shape index (κ2) is 6.04. The van der Waals surface area contributed by atoms with Crippen molar-refractivity contribution in [3.05, 3.63) is 24.6 Å². The highest BCUT2D eigenvalue weighted by molar-refractivity contribution is 5.87. The summed E-state index contributed by atoms with van der Waals surface area (Å²) in [6, 6.07) is 3.83. The molecule has 5 heteroatoms. The number of pyridine rings is 1. The van der Waals surface area contributed by atoms with Crippen LogP contribution in [0.15, 0.2) is 29.0 Å². The minimum atomic E-state index is 0.864. The zero-order valence-corrected chi connectivity index (χ0v) is 11.0. The lowest BCUT2D eigenvalue weighted by Crippen LogP contribution is -2.37. The molecule has 0 amide bonds. The number of ether oxygens (including phenoxy) is 1. The molecule has 1 fully saturated rings. The number of nitrogens with one attached hydrogen (secondary N) is 1. The van der Waals surface area contributed by atoms with Crippen molar-refractivity contribution in [2.75, 3.05) is 44.7 Å². The van der Waals surface area contributed by atoms with E-state index in [1.165, 1.54) is 0 Å². The van der Waals surface area contributed by atoms with E-state index in [0.29, 0.717) is 0 Å². The number of hydrogen-bond acceptors (Lipinski definition) is 5. The van der Waals surface area contributed by atoms with E-state index < -0.39 is 0 Å². The third-order valence-corrected chi connectivity index (χ3v) is 3.43. The first kappa shape index (κ1) is 12.4. The summed E-state index contributed by atoms with van der Waals surface area (Å²) in [5.41, 5.74) is 0.880. The Labute approximate surface area is 112 Å². The summed E-state index contributed by atoms with van der Waals surface area (Å²) in [7, 11) is 0. The van der Waals surface area contributed by atoms with Crippen LogP contribution < -0.4 is 5.32 Å². The summed E-state index contributed by atoms with van der Waals surface area (Å²) in [6.07, 6.45) is 4.58. The van der Waals surface area contributed by atoms with Crippen LogP contribution in [0.5, 0.6) is 0 Å². The van der Waals surface area contributed by atoms with Gasteiger partial charge in [0.1, 0.15) is 11.4 Å². The highest BCUT2D eigenvalue weighted by Crippen LogP contribution is 2.21. The fourth-order valence-electron chi connectivity index (χ4n) is 2.37. The zero-order chi connectivity index (χ0) is 12.9. The summed E-state index contributed by atoms with van der Waals surface area (Å²) in [5.74, 6) is 0.910. The van der Waals surface area contributed by atoms with Gasteiger partial charge in [-0.2, -0.15) is 0 Å². The maximum Gasteiger partial charge on any atom is 0.139 e.